The van der Waals surface area contributed by atoms with Gasteiger partial charge in [0.1, 0.15) is 18.5 Å². The number of carbonyl (C=O) groups excluding carboxylic acids is 1. The van der Waals surface area contributed by atoms with E-state index in [1.54, 1.807) is 18.3 Å². The third kappa shape index (κ3) is 5.85. The summed E-state index contributed by atoms with van der Waals surface area (Å²) in [5, 5.41) is 15.0. The van der Waals surface area contributed by atoms with Crippen molar-refractivity contribution in [1.82, 2.24) is 10.3 Å². The van der Waals surface area contributed by atoms with Gasteiger partial charge < -0.3 is 20.1 Å². The van der Waals surface area contributed by atoms with Crippen LogP contribution in [0.4, 0.5) is 0 Å². The predicted molar refractivity (Wildman–Crippen MR) is 122 cm³/mol. The molecule has 3 rings (SSSR count). The van der Waals surface area contributed by atoms with Crippen LogP contribution in [0, 0.1) is 0 Å². The van der Waals surface area contributed by atoms with Crippen molar-refractivity contribution in [3.05, 3.63) is 64.8 Å². The van der Waals surface area contributed by atoms with E-state index in [0.29, 0.717) is 35.7 Å². The lowest BCUT2D eigenvalue weighted by atomic mass is 10.00. The largest absolute Gasteiger partial charge is 0.490 e. The summed E-state index contributed by atoms with van der Waals surface area (Å²) in [6, 6.07) is 13.1. The smallest absolute Gasteiger partial charge is 0.166 e. The first-order valence-corrected chi connectivity index (χ1v) is 10.5. The van der Waals surface area contributed by atoms with Crippen LogP contribution < -0.4 is 10.1 Å². The number of aryl methyl sites for hydroxylation is 1. The summed E-state index contributed by atoms with van der Waals surface area (Å²) in [5.41, 5.74) is 2.45. The molecule has 0 fully saturated rings. The molecule has 0 amide bonds. The van der Waals surface area contributed by atoms with Crippen molar-refractivity contribution in [2.24, 2.45) is 0 Å². The van der Waals surface area contributed by atoms with Crippen molar-refractivity contribution >= 4 is 28.3 Å². The molecule has 0 saturated heterocycles. The Bertz CT molecular complexity index is 1010. The van der Waals surface area contributed by atoms with Gasteiger partial charge in [0.2, 0.25) is 0 Å². The molecule has 6 heteroatoms. The fourth-order valence-corrected chi connectivity index (χ4v) is 3.58. The minimum atomic E-state index is -0.666. The molecule has 0 radical (unpaired) electrons. The van der Waals surface area contributed by atoms with Gasteiger partial charge in [0.05, 0.1) is 10.6 Å². The maximum Gasteiger partial charge on any atom is 0.166 e. The minimum Gasteiger partial charge on any atom is -0.490 e. The Morgan fingerprint density at radius 3 is 2.73 bits per heavy atom. The zero-order valence-corrected chi connectivity index (χ0v) is 18.4. The summed E-state index contributed by atoms with van der Waals surface area (Å²) >= 11 is 6.29. The van der Waals surface area contributed by atoms with Gasteiger partial charge in [0, 0.05) is 35.6 Å². The zero-order valence-electron chi connectivity index (χ0n) is 17.7. The Morgan fingerprint density at radius 1 is 1.20 bits per heavy atom. The molecule has 5 nitrogen and oxygen atoms in total. The number of benzene rings is 2. The van der Waals surface area contributed by atoms with Gasteiger partial charge in [-0.1, -0.05) is 35.9 Å². The molecule has 0 aliphatic carbocycles. The number of ether oxygens (including phenoxy) is 1. The maximum atomic E-state index is 12.9. The fraction of sp³-hybridized carbons (Fsp3) is 0.375. The predicted octanol–water partition coefficient (Wildman–Crippen LogP) is 4.76. The summed E-state index contributed by atoms with van der Waals surface area (Å²) in [7, 11) is 0. The number of hydrogen-bond donors (Lipinski definition) is 3. The van der Waals surface area contributed by atoms with Gasteiger partial charge in [-0.25, -0.2) is 0 Å². The van der Waals surface area contributed by atoms with E-state index >= 15 is 0 Å². The van der Waals surface area contributed by atoms with Crippen molar-refractivity contribution in [2.75, 3.05) is 13.2 Å². The third-order valence-corrected chi connectivity index (χ3v) is 5.15. The zero-order chi connectivity index (χ0) is 21.7. The molecule has 1 heterocycles. The van der Waals surface area contributed by atoms with Crippen LogP contribution in [0.25, 0.3) is 10.9 Å². The minimum absolute atomic E-state index is 0.00318. The number of hydrogen-bond acceptors (Lipinski definition) is 4. The number of aromatic nitrogens is 1. The first-order chi connectivity index (χ1) is 14.2. The van der Waals surface area contributed by atoms with E-state index in [9.17, 15) is 9.90 Å². The third-order valence-electron chi connectivity index (χ3n) is 4.85. The normalized spacial score (nSPS) is 12.8. The van der Waals surface area contributed by atoms with Crippen LogP contribution in [0.2, 0.25) is 5.02 Å². The van der Waals surface area contributed by atoms with Gasteiger partial charge in [-0.05, 0) is 51.0 Å². The van der Waals surface area contributed by atoms with Crippen LogP contribution in [0.1, 0.15) is 43.1 Å². The summed E-state index contributed by atoms with van der Waals surface area (Å²) in [6.45, 7) is 6.65. The molecule has 0 aliphatic heterocycles. The monoisotopic (exact) mass is 428 g/mol. The molecule has 30 heavy (non-hydrogen) atoms. The van der Waals surface area contributed by atoms with E-state index in [2.05, 4.69) is 10.3 Å². The van der Waals surface area contributed by atoms with E-state index in [1.807, 2.05) is 51.1 Å². The molecule has 1 atom stereocenters. The van der Waals surface area contributed by atoms with E-state index in [0.717, 1.165) is 16.5 Å². The second-order valence-corrected chi connectivity index (χ2v) is 8.90. The topological polar surface area (TPSA) is 74.3 Å². The van der Waals surface area contributed by atoms with Gasteiger partial charge >= 0.3 is 0 Å². The molecule has 0 saturated carbocycles. The van der Waals surface area contributed by atoms with Crippen LogP contribution in [0.5, 0.6) is 5.75 Å². The second-order valence-electron chi connectivity index (χ2n) is 8.49. The van der Waals surface area contributed by atoms with Gasteiger partial charge in [-0.2, -0.15) is 0 Å². The van der Waals surface area contributed by atoms with Crippen molar-refractivity contribution in [3.63, 3.8) is 0 Å². The van der Waals surface area contributed by atoms with Gasteiger partial charge in [0.25, 0.3) is 0 Å². The lowest BCUT2D eigenvalue weighted by Crippen LogP contribution is -2.42. The van der Waals surface area contributed by atoms with Gasteiger partial charge in [-0.15, -0.1) is 0 Å². The van der Waals surface area contributed by atoms with Crippen molar-refractivity contribution in [3.8, 4) is 5.75 Å². The summed E-state index contributed by atoms with van der Waals surface area (Å²) in [4.78, 5) is 16.0. The van der Waals surface area contributed by atoms with Crippen molar-refractivity contribution < 1.29 is 14.6 Å². The molecule has 2 aromatic carbocycles. The molecule has 3 N–H and O–H groups in total. The standard InChI is InChI=1S/C24H29ClN2O3/c1-24(2,3)27-13-17(28)15-30-22-10-5-4-8-18(22)21(29)12-11-16-7-6-9-20-23(16)19(25)14-26-20/h4-10,14,17,26-28H,11-13,15H2,1-3H3. The summed E-state index contributed by atoms with van der Waals surface area (Å²) < 4.78 is 5.78. The van der Waals surface area contributed by atoms with Crippen LogP contribution in [0.3, 0.4) is 0 Å². The Hall–Kier alpha value is -2.34. The van der Waals surface area contributed by atoms with Gasteiger partial charge in [-0.3, -0.25) is 4.79 Å². The summed E-state index contributed by atoms with van der Waals surface area (Å²) in [5.74, 6) is 0.492. The maximum absolute atomic E-state index is 12.9. The molecule has 1 unspecified atom stereocenters. The van der Waals surface area contributed by atoms with E-state index < -0.39 is 6.10 Å². The molecule has 0 bridgehead atoms. The number of nitrogens with one attached hydrogen (secondary N) is 2. The van der Waals surface area contributed by atoms with Crippen LogP contribution >= 0.6 is 11.6 Å². The molecule has 0 spiro atoms. The number of aliphatic hydroxyl groups is 1. The van der Waals surface area contributed by atoms with Gasteiger partial charge in [0.15, 0.2) is 5.78 Å². The number of para-hydroxylation sites is 1. The number of fused-ring (bicyclic) bond motifs is 1. The van der Waals surface area contributed by atoms with E-state index in [4.69, 9.17) is 16.3 Å². The number of halogens is 1. The first-order valence-electron chi connectivity index (χ1n) is 10.2. The number of aliphatic hydroxyl groups excluding tert-OH is 1. The lowest BCUT2D eigenvalue weighted by molar-refractivity contribution is 0.0933. The number of Topliss-reactive ketones (excluding diaryl/α,β-unsaturated/α-hetero) is 1. The van der Waals surface area contributed by atoms with Crippen molar-refractivity contribution in [2.45, 2.75) is 45.3 Å². The Kier molecular flexibility index (Phi) is 7.19. The quantitative estimate of drug-likeness (QED) is 0.429. The molecular weight excluding hydrogens is 400 g/mol. The Labute approximate surface area is 182 Å². The number of aromatic amines is 1. The van der Waals surface area contributed by atoms with Crippen LogP contribution in [-0.4, -0.2) is 40.7 Å². The number of H-pyrrole nitrogens is 1. The number of ketones is 1. The fourth-order valence-electron chi connectivity index (χ4n) is 3.30. The Balaban J connectivity index is 1.63. The Morgan fingerprint density at radius 2 is 1.97 bits per heavy atom. The number of rotatable bonds is 9. The van der Waals surface area contributed by atoms with E-state index in [1.165, 1.54) is 0 Å². The number of carbonyl (C=O) groups is 1. The molecule has 160 valence electrons. The SMILES string of the molecule is CC(C)(C)NCC(O)COc1ccccc1C(=O)CCc1cccc2[nH]cc(Cl)c12. The molecular formula is C24H29ClN2O3. The average molecular weight is 429 g/mol. The summed E-state index contributed by atoms with van der Waals surface area (Å²) in [6.07, 6.45) is 2.02. The lowest BCUT2D eigenvalue weighted by Gasteiger charge is -2.23. The highest BCUT2D eigenvalue weighted by Gasteiger charge is 2.16. The van der Waals surface area contributed by atoms with Crippen LogP contribution in [0.15, 0.2) is 48.7 Å². The molecule has 1 aromatic heterocycles. The highest BCUT2D eigenvalue weighted by molar-refractivity contribution is 6.35. The highest BCUT2D eigenvalue weighted by Crippen LogP contribution is 2.28. The average Bonchev–Trinajstić information content (AvgIpc) is 3.10. The van der Waals surface area contributed by atoms with E-state index in [-0.39, 0.29) is 17.9 Å². The van der Waals surface area contributed by atoms with Crippen molar-refractivity contribution in [1.29, 1.82) is 0 Å². The first kappa shape index (κ1) is 22.3. The van der Waals surface area contributed by atoms with Crippen LogP contribution in [-0.2, 0) is 6.42 Å². The second kappa shape index (κ2) is 9.65. The molecule has 3 aromatic rings. The molecule has 0 aliphatic rings. The highest BCUT2D eigenvalue weighted by atomic mass is 35.5. The number of β-amino-alcohol motifs (C(OH)–C–C–N with tert-alkyl or cyclic N) is 1.